The van der Waals surface area contributed by atoms with Crippen LogP contribution < -0.4 is 0 Å². The summed E-state index contributed by atoms with van der Waals surface area (Å²) in [5, 5.41) is 0. The van der Waals surface area contributed by atoms with E-state index >= 15 is 0 Å². The van der Waals surface area contributed by atoms with Crippen molar-refractivity contribution >= 4 is 6.08 Å². The summed E-state index contributed by atoms with van der Waals surface area (Å²) < 4.78 is 0. The van der Waals surface area contributed by atoms with Crippen LogP contribution in [0.3, 0.4) is 0 Å². The summed E-state index contributed by atoms with van der Waals surface area (Å²) >= 11 is 0. The van der Waals surface area contributed by atoms with Crippen LogP contribution in [0.4, 0.5) is 0 Å². The fourth-order valence-corrected chi connectivity index (χ4v) is 1.10. The first-order valence-corrected chi connectivity index (χ1v) is 5.13. The van der Waals surface area contributed by atoms with Crippen molar-refractivity contribution in [2.24, 2.45) is 0 Å². The topological polar surface area (TPSA) is 0 Å². The Hall–Kier alpha value is -1.48. The Kier molecular flexibility index (Phi) is 5.28. The van der Waals surface area contributed by atoms with Crippen LogP contribution in [0.5, 0.6) is 0 Å². The van der Waals surface area contributed by atoms with Gasteiger partial charge in [0.1, 0.15) is 0 Å². The molecule has 0 nitrogen and oxygen atoms in total. The van der Waals surface area contributed by atoms with Crippen LogP contribution in [0.15, 0.2) is 36.4 Å². The lowest BCUT2D eigenvalue weighted by molar-refractivity contribution is 0.828. The van der Waals surface area contributed by atoms with Crippen molar-refractivity contribution < 1.29 is 0 Å². The molecule has 72 valence electrons. The smallest absolute Gasteiger partial charge is 0.00921 e. The molecule has 0 aliphatic rings. The number of rotatable bonds is 3. The second-order valence-corrected chi connectivity index (χ2v) is 3.17. The van der Waals surface area contributed by atoms with Crippen LogP contribution in [0.2, 0.25) is 0 Å². The van der Waals surface area contributed by atoms with Gasteiger partial charge in [0, 0.05) is 6.42 Å². The molecule has 1 rings (SSSR count). The third-order valence-corrected chi connectivity index (χ3v) is 1.92. The highest BCUT2D eigenvalue weighted by atomic mass is 13.8. The van der Waals surface area contributed by atoms with E-state index in [-0.39, 0.29) is 0 Å². The maximum atomic E-state index is 3.12. The molecule has 0 saturated heterocycles. The standard InChI is InChI=1S/C14H16/c1-2-3-4-5-6-8-11-14-12-9-7-10-13-14/h7-13H,2-4H2,1H3/b11-8-. The summed E-state index contributed by atoms with van der Waals surface area (Å²) in [7, 11) is 0. The van der Waals surface area contributed by atoms with Gasteiger partial charge >= 0.3 is 0 Å². The molecule has 1 aromatic rings. The van der Waals surface area contributed by atoms with E-state index in [0.717, 1.165) is 6.42 Å². The Morgan fingerprint density at radius 3 is 2.71 bits per heavy atom. The van der Waals surface area contributed by atoms with Gasteiger partial charge in [-0.25, -0.2) is 0 Å². The van der Waals surface area contributed by atoms with Crippen molar-refractivity contribution in [3.05, 3.63) is 42.0 Å². The fourth-order valence-electron chi connectivity index (χ4n) is 1.10. The lowest BCUT2D eigenvalue weighted by Crippen LogP contribution is -1.68. The molecule has 1 aromatic carbocycles. The quantitative estimate of drug-likeness (QED) is 0.494. The van der Waals surface area contributed by atoms with E-state index in [1.165, 1.54) is 18.4 Å². The number of hydrogen-bond acceptors (Lipinski definition) is 0. The van der Waals surface area contributed by atoms with Crippen molar-refractivity contribution in [3.8, 4) is 11.8 Å². The van der Waals surface area contributed by atoms with E-state index < -0.39 is 0 Å². The second-order valence-electron chi connectivity index (χ2n) is 3.17. The predicted octanol–water partition coefficient (Wildman–Crippen LogP) is 3.89. The Bertz CT molecular complexity index is 322. The highest BCUT2D eigenvalue weighted by molar-refractivity contribution is 5.52. The fraction of sp³-hybridized carbons (Fsp3) is 0.286. The van der Waals surface area contributed by atoms with Crippen molar-refractivity contribution in [1.82, 2.24) is 0 Å². The molecule has 0 spiro atoms. The van der Waals surface area contributed by atoms with Gasteiger partial charge in [-0.3, -0.25) is 0 Å². The van der Waals surface area contributed by atoms with Gasteiger partial charge in [0.05, 0.1) is 0 Å². The van der Waals surface area contributed by atoms with Gasteiger partial charge in [-0.05, 0) is 24.1 Å². The molecule has 0 atom stereocenters. The summed E-state index contributed by atoms with van der Waals surface area (Å²) in [5.41, 5.74) is 1.21. The normalized spacial score (nSPS) is 9.79. The van der Waals surface area contributed by atoms with E-state index in [1.54, 1.807) is 0 Å². The average molecular weight is 184 g/mol. The summed E-state index contributed by atoms with van der Waals surface area (Å²) in [6.07, 6.45) is 7.39. The molecule has 0 fully saturated rings. The SMILES string of the molecule is CCCCC#C/C=C\c1ccccc1. The van der Waals surface area contributed by atoms with Crippen molar-refractivity contribution in [3.63, 3.8) is 0 Å². The Morgan fingerprint density at radius 2 is 2.00 bits per heavy atom. The zero-order chi connectivity index (χ0) is 10.1. The highest BCUT2D eigenvalue weighted by Crippen LogP contribution is 2.00. The highest BCUT2D eigenvalue weighted by Gasteiger charge is 1.79. The van der Waals surface area contributed by atoms with E-state index in [9.17, 15) is 0 Å². The zero-order valence-electron chi connectivity index (χ0n) is 8.66. The van der Waals surface area contributed by atoms with Crippen LogP contribution >= 0.6 is 0 Å². The van der Waals surface area contributed by atoms with Crippen LogP contribution in [0, 0.1) is 11.8 Å². The minimum absolute atomic E-state index is 1.01. The molecule has 0 aliphatic carbocycles. The largest absolute Gasteiger partial charge is 0.0985 e. The maximum absolute atomic E-state index is 3.12. The van der Waals surface area contributed by atoms with E-state index in [2.05, 4.69) is 30.9 Å². The molecule has 0 radical (unpaired) electrons. The van der Waals surface area contributed by atoms with Crippen LogP contribution in [0.1, 0.15) is 31.7 Å². The molecule has 0 aliphatic heterocycles. The molecule has 0 unspecified atom stereocenters. The maximum Gasteiger partial charge on any atom is 0.00921 e. The summed E-state index contributed by atoms with van der Waals surface area (Å²) in [4.78, 5) is 0. The molecule has 0 heteroatoms. The zero-order valence-corrected chi connectivity index (χ0v) is 8.66. The lowest BCUT2D eigenvalue weighted by atomic mass is 10.2. The number of allylic oxidation sites excluding steroid dienone is 1. The molecule has 0 N–H and O–H groups in total. The summed E-state index contributed by atoms with van der Waals surface area (Å²) in [5.74, 6) is 6.16. The van der Waals surface area contributed by atoms with Gasteiger partial charge in [-0.2, -0.15) is 0 Å². The molecule has 0 heterocycles. The molecule has 0 aromatic heterocycles. The predicted molar refractivity (Wildman–Crippen MR) is 62.8 cm³/mol. The molecule has 0 bridgehead atoms. The molecule has 0 saturated carbocycles. The number of benzene rings is 1. The first-order valence-electron chi connectivity index (χ1n) is 5.13. The Morgan fingerprint density at radius 1 is 1.21 bits per heavy atom. The van der Waals surface area contributed by atoms with Crippen LogP contribution in [0.25, 0.3) is 6.08 Å². The molecule has 0 amide bonds. The first-order chi connectivity index (χ1) is 6.93. The summed E-state index contributed by atoms with van der Waals surface area (Å²) in [6, 6.07) is 10.2. The lowest BCUT2D eigenvalue weighted by Gasteiger charge is -1.87. The second kappa shape index (κ2) is 6.97. The summed E-state index contributed by atoms with van der Waals surface area (Å²) in [6.45, 7) is 2.18. The van der Waals surface area contributed by atoms with E-state index in [1.807, 2.05) is 30.4 Å². The van der Waals surface area contributed by atoms with Crippen molar-refractivity contribution in [1.29, 1.82) is 0 Å². The average Bonchev–Trinajstić information content (AvgIpc) is 2.25. The van der Waals surface area contributed by atoms with Gasteiger partial charge in [0.15, 0.2) is 0 Å². The minimum atomic E-state index is 1.01. The molecular formula is C14H16. The number of unbranched alkanes of at least 4 members (excludes halogenated alkanes) is 2. The van der Waals surface area contributed by atoms with Crippen molar-refractivity contribution in [2.75, 3.05) is 0 Å². The molecule has 14 heavy (non-hydrogen) atoms. The Labute approximate surface area is 86.7 Å². The van der Waals surface area contributed by atoms with Crippen molar-refractivity contribution in [2.45, 2.75) is 26.2 Å². The van der Waals surface area contributed by atoms with Gasteiger partial charge < -0.3 is 0 Å². The molecular weight excluding hydrogens is 168 g/mol. The van der Waals surface area contributed by atoms with Gasteiger partial charge in [0.2, 0.25) is 0 Å². The third-order valence-electron chi connectivity index (χ3n) is 1.92. The first kappa shape index (κ1) is 10.6. The monoisotopic (exact) mass is 184 g/mol. The minimum Gasteiger partial charge on any atom is -0.0985 e. The van der Waals surface area contributed by atoms with Gasteiger partial charge in [0.25, 0.3) is 0 Å². The van der Waals surface area contributed by atoms with E-state index in [0.29, 0.717) is 0 Å². The third kappa shape index (κ3) is 4.52. The van der Waals surface area contributed by atoms with Crippen LogP contribution in [-0.4, -0.2) is 0 Å². The Balaban J connectivity index is 2.36. The van der Waals surface area contributed by atoms with Gasteiger partial charge in [-0.15, -0.1) is 0 Å². The van der Waals surface area contributed by atoms with Crippen LogP contribution in [-0.2, 0) is 0 Å². The van der Waals surface area contributed by atoms with Gasteiger partial charge in [-0.1, -0.05) is 55.5 Å². The van der Waals surface area contributed by atoms with E-state index in [4.69, 9.17) is 0 Å². The number of hydrogen-bond donors (Lipinski definition) is 0.